The Kier molecular flexibility index (Phi) is 3.81. The molecule has 1 N–H and O–H groups in total. The average Bonchev–Trinajstić information content (AvgIpc) is 2.98. The molecule has 0 amide bonds. The molecule has 1 aromatic carbocycles. The van der Waals surface area contributed by atoms with Crippen molar-refractivity contribution in [3.05, 3.63) is 72.2 Å². The Labute approximate surface area is 143 Å². The van der Waals surface area contributed by atoms with E-state index in [1.807, 2.05) is 19.1 Å². The molecule has 0 saturated heterocycles. The molecule has 0 unspecified atom stereocenters. The van der Waals surface area contributed by atoms with Crippen molar-refractivity contribution in [1.29, 1.82) is 0 Å². The molecular formula is C18H15FN6. The van der Waals surface area contributed by atoms with Crippen LogP contribution in [-0.4, -0.2) is 24.7 Å². The first-order valence-electron chi connectivity index (χ1n) is 7.81. The van der Waals surface area contributed by atoms with Crippen LogP contribution in [0.25, 0.3) is 16.7 Å². The van der Waals surface area contributed by atoms with Gasteiger partial charge in [0, 0.05) is 18.9 Å². The summed E-state index contributed by atoms with van der Waals surface area (Å²) in [4.78, 5) is 12.7. The highest BCUT2D eigenvalue weighted by molar-refractivity contribution is 5.90. The zero-order valence-electron chi connectivity index (χ0n) is 13.5. The first kappa shape index (κ1) is 15.2. The van der Waals surface area contributed by atoms with E-state index in [2.05, 4.69) is 25.4 Å². The van der Waals surface area contributed by atoms with E-state index in [1.165, 1.54) is 18.5 Å². The number of benzene rings is 1. The number of hydrogen-bond donors (Lipinski definition) is 1. The van der Waals surface area contributed by atoms with Crippen molar-refractivity contribution >= 4 is 16.9 Å². The maximum atomic E-state index is 13.6. The minimum absolute atomic E-state index is 0.316. The summed E-state index contributed by atoms with van der Waals surface area (Å²) in [5.41, 5.74) is 3.13. The van der Waals surface area contributed by atoms with Crippen LogP contribution in [0, 0.1) is 12.7 Å². The van der Waals surface area contributed by atoms with E-state index in [4.69, 9.17) is 0 Å². The van der Waals surface area contributed by atoms with Gasteiger partial charge in [0.2, 0.25) is 0 Å². The van der Waals surface area contributed by atoms with Gasteiger partial charge in [-0.15, -0.1) is 0 Å². The Balaban J connectivity index is 1.75. The zero-order chi connectivity index (χ0) is 17.2. The van der Waals surface area contributed by atoms with Crippen LogP contribution in [0.4, 0.5) is 10.2 Å². The molecule has 7 heteroatoms. The maximum Gasteiger partial charge on any atom is 0.168 e. The molecule has 25 heavy (non-hydrogen) atoms. The van der Waals surface area contributed by atoms with Gasteiger partial charge in [-0.3, -0.25) is 4.98 Å². The number of pyridine rings is 1. The van der Waals surface area contributed by atoms with Crippen LogP contribution in [0.15, 0.2) is 55.1 Å². The summed E-state index contributed by atoms with van der Waals surface area (Å²) < 4.78 is 15.2. The molecule has 4 rings (SSSR count). The lowest BCUT2D eigenvalue weighted by molar-refractivity contribution is 0.625. The Morgan fingerprint density at radius 3 is 2.76 bits per heavy atom. The first-order chi connectivity index (χ1) is 12.2. The third-order valence-electron chi connectivity index (χ3n) is 3.90. The summed E-state index contributed by atoms with van der Waals surface area (Å²) in [6, 6.07) is 10.2. The van der Waals surface area contributed by atoms with Crippen LogP contribution >= 0.6 is 0 Å². The third kappa shape index (κ3) is 2.91. The van der Waals surface area contributed by atoms with Gasteiger partial charge in [0.15, 0.2) is 5.65 Å². The summed E-state index contributed by atoms with van der Waals surface area (Å²) in [6.45, 7) is 2.50. The van der Waals surface area contributed by atoms with E-state index < -0.39 is 0 Å². The quantitative estimate of drug-likeness (QED) is 0.620. The smallest absolute Gasteiger partial charge is 0.168 e. The molecule has 0 aliphatic rings. The lowest BCUT2D eigenvalue weighted by Crippen LogP contribution is -2.03. The van der Waals surface area contributed by atoms with E-state index in [0.29, 0.717) is 23.7 Å². The first-order valence-corrected chi connectivity index (χ1v) is 7.81. The molecule has 0 aliphatic heterocycles. The lowest BCUT2D eigenvalue weighted by atomic mass is 10.2. The molecule has 0 fully saturated rings. The number of rotatable bonds is 4. The summed E-state index contributed by atoms with van der Waals surface area (Å²) in [7, 11) is 0. The fraction of sp³-hybridized carbons (Fsp3) is 0.111. The predicted octanol–water partition coefficient (Wildman–Crippen LogP) is 3.27. The molecule has 3 aromatic heterocycles. The predicted molar refractivity (Wildman–Crippen MR) is 92.9 cm³/mol. The molecular weight excluding hydrogens is 319 g/mol. The molecule has 6 nitrogen and oxygen atoms in total. The second kappa shape index (κ2) is 6.27. The van der Waals surface area contributed by atoms with E-state index in [0.717, 1.165) is 16.6 Å². The second-order valence-corrected chi connectivity index (χ2v) is 5.61. The van der Waals surface area contributed by atoms with E-state index in [-0.39, 0.29) is 5.82 Å². The minimum Gasteiger partial charge on any atom is -0.365 e. The number of halogens is 1. The van der Waals surface area contributed by atoms with Crippen molar-refractivity contribution < 1.29 is 4.39 Å². The Hall–Kier alpha value is -3.35. The molecule has 0 bridgehead atoms. The van der Waals surface area contributed by atoms with Crippen molar-refractivity contribution in [3.8, 4) is 5.69 Å². The number of hydrogen-bond acceptors (Lipinski definition) is 5. The highest BCUT2D eigenvalue weighted by Crippen LogP contribution is 2.25. The fourth-order valence-electron chi connectivity index (χ4n) is 2.73. The number of fused-ring (bicyclic) bond motifs is 1. The van der Waals surface area contributed by atoms with Gasteiger partial charge in [0.05, 0.1) is 16.8 Å². The number of nitrogens with zero attached hydrogens (tertiary/aromatic N) is 5. The van der Waals surface area contributed by atoms with Crippen LogP contribution in [-0.2, 0) is 6.54 Å². The highest BCUT2D eigenvalue weighted by atomic mass is 19.1. The van der Waals surface area contributed by atoms with Crippen molar-refractivity contribution in [2.24, 2.45) is 0 Å². The van der Waals surface area contributed by atoms with E-state index >= 15 is 0 Å². The van der Waals surface area contributed by atoms with Crippen LogP contribution in [0.1, 0.15) is 11.3 Å². The maximum absolute atomic E-state index is 13.6. The standard InChI is InChI=1S/C18H15FN6/c1-12-16-17(21-10-13-5-7-20-8-6-13)22-11-23-18(16)25(24-12)15-4-2-3-14(19)9-15/h2-9,11H,10H2,1H3,(H,21,22,23). The summed E-state index contributed by atoms with van der Waals surface area (Å²) >= 11 is 0. The SMILES string of the molecule is Cc1nn(-c2cccc(F)c2)c2ncnc(NCc3ccncc3)c12. The van der Waals surface area contributed by atoms with Crippen molar-refractivity contribution in [3.63, 3.8) is 0 Å². The number of aromatic nitrogens is 5. The molecule has 124 valence electrons. The van der Waals surface area contributed by atoms with Crippen LogP contribution < -0.4 is 5.32 Å². The average molecular weight is 334 g/mol. The molecule has 0 aliphatic carbocycles. The Bertz CT molecular complexity index is 1030. The van der Waals surface area contributed by atoms with E-state index in [1.54, 1.807) is 29.2 Å². The van der Waals surface area contributed by atoms with Gasteiger partial charge in [-0.25, -0.2) is 19.0 Å². The largest absolute Gasteiger partial charge is 0.365 e. The summed E-state index contributed by atoms with van der Waals surface area (Å²) in [6.07, 6.45) is 4.98. The number of aryl methyl sites for hydroxylation is 1. The topological polar surface area (TPSA) is 68.5 Å². The van der Waals surface area contributed by atoms with Gasteiger partial charge in [-0.05, 0) is 42.8 Å². The van der Waals surface area contributed by atoms with Crippen LogP contribution in [0.5, 0.6) is 0 Å². The summed E-state index contributed by atoms with van der Waals surface area (Å²) in [5.74, 6) is 0.380. The Morgan fingerprint density at radius 2 is 1.96 bits per heavy atom. The lowest BCUT2D eigenvalue weighted by Gasteiger charge is -2.07. The van der Waals surface area contributed by atoms with Crippen molar-refractivity contribution in [2.75, 3.05) is 5.32 Å². The molecule has 3 heterocycles. The minimum atomic E-state index is -0.316. The fourth-order valence-corrected chi connectivity index (χ4v) is 2.73. The van der Waals surface area contributed by atoms with Crippen LogP contribution in [0.2, 0.25) is 0 Å². The van der Waals surface area contributed by atoms with E-state index in [9.17, 15) is 4.39 Å². The molecule has 4 aromatic rings. The van der Waals surface area contributed by atoms with Crippen LogP contribution in [0.3, 0.4) is 0 Å². The molecule has 0 atom stereocenters. The van der Waals surface area contributed by atoms with Gasteiger partial charge in [-0.2, -0.15) is 5.10 Å². The number of anilines is 1. The second-order valence-electron chi connectivity index (χ2n) is 5.61. The third-order valence-corrected chi connectivity index (χ3v) is 3.90. The molecule has 0 radical (unpaired) electrons. The molecule has 0 saturated carbocycles. The van der Waals surface area contributed by atoms with Crippen molar-refractivity contribution in [2.45, 2.75) is 13.5 Å². The number of nitrogens with one attached hydrogen (secondary N) is 1. The van der Waals surface area contributed by atoms with Gasteiger partial charge in [0.25, 0.3) is 0 Å². The van der Waals surface area contributed by atoms with Gasteiger partial charge in [0.1, 0.15) is 18.0 Å². The normalized spacial score (nSPS) is 11.0. The van der Waals surface area contributed by atoms with Crippen molar-refractivity contribution in [1.82, 2.24) is 24.7 Å². The monoisotopic (exact) mass is 334 g/mol. The summed E-state index contributed by atoms with van der Waals surface area (Å²) in [5, 5.41) is 8.65. The Morgan fingerprint density at radius 1 is 1.12 bits per heavy atom. The van der Waals surface area contributed by atoms with Gasteiger partial charge >= 0.3 is 0 Å². The van der Waals surface area contributed by atoms with Gasteiger partial charge < -0.3 is 5.32 Å². The zero-order valence-corrected chi connectivity index (χ0v) is 13.5. The highest BCUT2D eigenvalue weighted by Gasteiger charge is 2.15. The molecule has 0 spiro atoms. The van der Waals surface area contributed by atoms with Gasteiger partial charge in [-0.1, -0.05) is 6.07 Å².